The van der Waals surface area contributed by atoms with Crippen LogP contribution in [-0.2, 0) is 19.3 Å². The van der Waals surface area contributed by atoms with Gasteiger partial charge in [0.05, 0.1) is 5.69 Å². The fourth-order valence-electron chi connectivity index (χ4n) is 2.32. The third kappa shape index (κ3) is 3.29. The van der Waals surface area contributed by atoms with E-state index in [1.54, 1.807) is 10.7 Å². The van der Waals surface area contributed by atoms with Crippen LogP contribution in [-0.4, -0.2) is 20.8 Å². The molecule has 1 aromatic carbocycles. The molecule has 114 valence electrons. The summed E-state index contributed by atoms with van der Waals surface area (Å²) in [7, 11) is 0. The lowest BCUT2D eigenvalue weighted by Crippen LogP contribution is -2.23. The van der Waals surface area contributed by atoms with E-state index in [-0.39, 0.29) is 11.9 Å². The Kier molecular flexibility index (Phi) is 5.07. The fourth-order valence-corrected chi connectivity index (χ4v) is 2.32. The fraction of sp³-hybridized carbons (Fsp3) is 0.500. The first kappa shape index (κ1) is 15.6. The molecular weight excluding hydrogens is 267 g/mol. The van der Waals surface area contributed by atoms with Crippen LogP contribution in [0.2, 0.25) is 0 Å². The molecule has 5 heteroatoms. The van der Waals surface area contributed by atoms with Gasteiger partial charge in [-0.2, -0.15) is 5.10 Å². The Labute approximate surface area is 125 Å². The van der Waals surface area contributed by atoms with Crippen LogP contribution in [0.25, 0.3) is 5.69 Å². The lowest BCUT2D eigenvalue weighted by Gasteiger charge is -2.15. The summed E-state index contributed by atoms with van der Waals surface area (Å²) in [5.74, 6) is 1.40. The van der Waals surface area contributed by atoms with Gasteiger partial charge in [-0.15, -0.1) is 0 Å². The van der Waals surface area contributed by atoms with E-state index >= 15 is 0 Å². The van der Waals surface area contributed by atoms with Crippen LogP contribution in [0.3, 0.4) is 0 Å². The van der Waals surface area contributed by atoms with Gasteiger partial charge in [0.15, 0.2) is 5.82 Å². The van der Waals surface area contributed by atoms with Crippen LogP contribution in [0.5, 0.6) is 0 Å². The van der Waals surface area contributed by atoms with Crippen molar-refractivity contribution in [1.82, 2.24) is 14.8 Å². The van der Waals surface area contributed by atoms with Crippen LogP contribution >= 0.6 is 0 Å². The predicted molar refractivity (Wildman–Crippen MR) is 82.0 cm³/mol. The molecule has 2 aromatic rings. The topological polar surface area (TPSA) is 56.7 Å². The number of nitrogens with two attached hydrogens (primary N) is 1. The first-order valence-electron chi connectivity index (χ1n) is 7.58. The number of aromatic nitrogens is 3. The molecule has 1 aromatic heterocycles. The Hall–Kier alpha value is -1.75. The molecule has 0 bridgehead atoms. The minimum atomic E-state index is -0.230. The van der Waals surface area contributed by atoms with Gasteiger partial charge in [-0.05, 0) is 25.0 Å². The Morgan fingerprint density at radius 1 is 1.24 bits per heavy atom. The van der Waals surface area contributed by atoms with Crippen LogP contribution in [0, 0.1) is 5.82 Å². The molecular formula is C16H23FN4. The summed E-state index contributed by atoms with van der Waals surface area (Å²) in [4.78, 5) is 4.49. The Balaban J connectivity index is 2.53. The summed E-state index contributed by atoms with van der Waals surface area (Å²) in [6.45, 7) is 6.04. The van der Waals surface area contributed by atoms with Crippen LogP contribution in [0.4, 0.5) is 4.39 Å². The SMILES string of the molecule is CCc1nc(CC)n(-c2cccc(F)c2CC(N)CC)n1. The Bertz CT molecular complexity index is 606. The van der Waals surface area contributed by atoms with Crippen molar-refractivity contribution in [3.8, 4) is 5.69 Å². The molecule has 4 nitrogen and oxygen atoms in total. The molecule has 0 spiro atoms. The van der Waals surface area contributed by atoms with Crippen LogP contribution in [0.15, 0.2) is 18.2 Å². The molecule has 0 fully saturated rings. The van der Waals surface area contributed by atoms with Crippen molar-refractivity contribution in [2.24, 2.45) is 5.73 Å². The molecule has 0 radical (unpaired) electrons. The van der Waals surface area contributed by atoms with Gasteiger partial charge in [0, 0.05) is 24.4 Å². The number of halogens is 1. The molecule has 0 saturated carbocycles. The highest BCUT2D eigenvalue weighted by molar-refractivity contribution is 5.42. The minimum Gasteiger partial charge on any atom is -0.327 e. The van der Waals surface area contributed by atoms with Crippen molar-refractivity contribution < 1.29 is 4.39 Å². The monoisotopic (exact) mass is 290 g/mol. The molecule has 1 unspecified atom stereocenters. The zero-order chi connectivity index (χ0) is 15.4. The first-order chi connectivity index (χ1) is 10.1. The average molecular weight is 290 g/mol. The van der Waals surface area contributed by atoms with E-state index in [0.717, 1.165) is 36.6 Å². The molecule has 2 N–H and O–H groups in total. The average Bonchev–Trinajstić information content (AvgIpc) is 2.92. The molecule has 21 heavy (non-hydrogen) atoms. The summed E-state index contributed by atoms with van der Waals surface area (Å²) in [5.41, 5.74) is 7.38. The minimum absolute atomic E-state index is 0.0557. The maximum absolute atomic E-state index is 14.2. The van der Waals surface area contributed by atoms with Gasteiger partial charge in [0.2, 0.25) is 0 Å². The third-order valence-electron chi connectivity index (χ3n) is 3.66. The predicted octanol–water partition coefficient (Wildman–Crippen LogP) is 2.81. The van der Waals surface area contributed by atoms with Gasteiger partial charge in [-0.3, -0.25) is 0 Å². The van der Waals surface area contributed by atoms with Crippen molar-refractivity contribution in [2.45, 2.75) is 52.5 Å². The number of rotatable bonds is 6. The van der Waals surface area contributed by atoms with E-state index in [2.05, 4.69) is 10.1 Å². The Morgan fingerprint density at radius 3 is 2.62 bits per heavy atom. The van der Waals surface area contributed by atoms with E-state index in [1.807, 2.05) is 26.8 Å². The zero-order valence-corrected chi connectivity index (χ0v) is 12.9. The summed E-state index contributed by atoms with van der Waals surface area (Å²) < 4.78 is 16.0. The number of nitrogens with zero attached hydrogens (tertiary/aromatic N) is 3. The molecule has 0 amide bonds. The van der Waals surface area contributed by atoms with Crippen molar-refractivity contribution in [2.75, 3.05) is 0 Å². The lowest BCUT2D eigenvalue weighted by molar-refractivity contribution is 0.573. The van der Waals surface area contributed by atoms with Crippen molar-refractivity contribution in [3.05, 3.63) is 41.2 Å². The molecule has 2 rings (SSSR count). The highest BCUT2D eigenvalue weighted by Gasteiger charge is 2.17. The van der Waals surface area contributed by atoms with Crippen LogP contribution in [0.1, 0.15) is 44.4 Å². The largest absolute Gasteiger partial charge is 0.327 e. The maximum Gasteiger partial charge on any atom is 0.151 e. The number of hydrogen-bond donors (Lipinski definition) is 1. The van der Waals surface area contributed by atoms with Gasteiger partial charge in [0.1, 0.15) is 11.6 Å². The third-order valence-corrected chi connectivity index (χ3v) is 3.66. The first-order valence-corrected chi connectivity index (χ1v) is 7.58. The van der Waals surface area contributed by atoms with Gasteiger partial charge in [0.25, 0.3) is 0 Å². The highest BCUT2D eigenvalue weighted by atomic mass is 19.1. The number of benzene rings is 1. The Morgan fingerprint density at radius 2 is 2.00 bits per heavy atom. The zero-order valence-electron chi connectivity index (χ0n) is 12.9. The quantitative estimate of drug-likeness (QED) is 0.890. The highest BCUT2D eigenvalue weighted by Crippen LogP contribution is 2.21. The summed E-state index contributed by atoms with van der Waals surface area (Å²) in [6.07, 6.45) is 2.83. The number of hydrogen-bond acceptors (Lipinski definition) is 3. The summed E-state index contributed by atoms with van der Waals surface area (Å²) in [6, 6.07) is 5.01. The van der Waals surface area contributed by atoms with E-state index in [9.17, 15) is 4.39 Å². The van der Waals surface area contributed by atoms with Gasteiger partial charge >= 0.3 is 0 Å². The molecule has 1 atom stereocenters. The van der Waals surface area contributed by atoms with Gasteiger partial charge < -0.3 is 5.73 Å². The van der Waals surface area contributed by atoms with Crippen molar-refractivity contribution in [1.29, 1.82) is 0 Å². The molecule has 0 saturated heterocycles. The van der Waals surface area contributed by atoms with E-state index < -0.39 is 0 Å². The lowest BCUT2D eigenvalue weighted by atomic mass is 10.0. The molecule has 0 aliphatic carbocycles. The van der Waals surface area contributed by atoms with Crippen LogP contribution < -0.4 is 5.73 Å². The smallest absolute Gasteiger partial charge is 0.151 e. The van der Waals surface area contributed by atoms with Gasteiger partial charge in [-0.25, -0.2) is 14.1 Å². The molecule has 0 aliphatic rings. The second kappa shape index (κ2) is 6.80. The van der Waals surface area contributed by atoms with E-state index in [4.69, 9.17) is 5.73 Å². The van der Waals surface area contributed by atoms with E-state index in [0.29, 0.717) is 12.0 Å². The molecule has 0 aliphatic heterocycles. The van der Waals surface area contributed by atoms with Gasteiger partial charge in [-0.1, -0.05) is 26.8 Å². The van der Waals surface area contributed by atoms with E-state index in [1.165, 1.54) is 6.07 Å². The second-order valence-corrected chi connectivity index (χ2v) is 5.17. The number of aryl methyl sites for hydroxylation is 2. The maximum atomic E-state index is 14.2. The van der Waals surface area contributed by atoms with Crippen molar-refractivity contribution in [3.63, 3.8) is 0 Å². The standard InChI is InChI=1S/C16H23FN4/c1-4-11(18)10-12-13(17)8-7-9-14(12)21-16(6-3)19-15(5-2)20-21/h7-9,11H,4-6,10,18H2,1-3H3. The normalized spacial score (nSPS) is 12.6. The second-order valence-electron chi connectivity index (χ2n) is 5.17. The van der Waals surface area contributed by atoms with Crippen molar-refractivity contribution >= 4 is 0 Å². The molecule has 1 heterocycles. The summed E-state index contributed by atoms with van der Waals surface area (Å²) in [5, 5.41) is 4.50. The summed E-state index contributed by atoms with van der Waals surface area (Å²) >= 11 is 0.